The fourth-order valence-corrected chi connectivity index (χ4v) is 2.33. The smallest absolute Gasteiger partial charge is 0.167 e. The van der Waals surface area contributed by atoms with E-state index in [1.165, 1.54) is 0 Å². The molecule has 4 heteroatoms. The van der Waals surface area contributed by atoms with E-state index in [0.29, 0.717) is 13.0 Å². The molecule has 0 saturated carbocycles. The average molecular weight is 207 g/mol. The molecule has 0 aromatic carbocycles. The molecule has 0 bridgehead atoms. The molecule has 2 N–H and O–H groups in total. The first-order valence-corrected chi connectivity index (χ1v) is 5.22. The topological polar surface area (TPSA) is 60.9 Å². The molecule has 4 nitrogen and oxygen atoms in total. The Morgan fingerprint density at radius 1 is 1.47 bits per heavy atom. The zero-order chi connectivity index (χ0) is 11.2. The van der Waals surface area contributed by atoms with Crippen LogP contribution in [-0.2, 0) is 20.0 Å². The fourth-order valence-electron chi connectivity index (χ4n) is 2.33. The Bertz CT molecular complexity index is 418. The summed E-state index contributed by atoms with van der Waals surface area (Å²) in [6.45, 7) is 4.57. The zero-order valence-electron chi connectivity index (χ0n) is 9.50. The highest BCUT2D eigenvalue weighted by Gasteiger charge is 2.35. The van der Waals surface area contributed by atoms with Crippen LogP contribution in [0.5, 0.6) is 0 Å². The highest BCUT2D eigenvalue weighted by Crippen LogP contribution is 2.35. The minimum atomic E-state index is 0.0454. The van der Waals surface area contributed by atoms with Crippen molar-refractivity contribution in [2.75, 3.05) is 0 Å². The van der Waals surface area contributed by atoms with Crippen LogP contribution >= 0.6 is 0 Å². The van der Waals surface area contributed by atoms with Crippen LogP contribution in [0.4, 0.5) is 0 Å². The van der Waals surface area contributed by atoms with Gasteiger partial charge in [-0.3, -0.25) is 9.48 Å². The molecule has 1 aromatic heterocycles. The van der Waals surface area contributed by atoms with E-state index in [-0.39, 0.29) is 11.2 Å². The molecule has 0 radical (unpaired) electrons. The summed E-state index contributed by atoms with van der Waals surface area (Å²) in [7, 11) is 1.88. The van der Waals surface area contributed by atoms with Crippen molar-refractivity contribution in [2.24, 2.45) is 18.2 Å². The molecule has 0 fully saturated rings. The molecule has 0 spiro atoms. The first-order chi connectivity index (χ1) is 6.94. The van der Waals surface area contributed by atoms with Crippen molar-refractivity contribution in [1.29, 1.82) is 0 Å². The van der Waals surface area contributed by atoms with E-state index in [2.05, 4.69) is 18.9 Å². The van der Waals surface area contributed by atoms with Gasteiger partial charge in [-0.15, -0.1) is 0 Å². The lowest BCUT2D eigenvalue weighted by molar-refractivity contribution is 0.0909. The number of aryl methyl sites for hydroxylation is 1. The van der Waals surface area contributed by atoms with Gasteiger partial charge in [-0.05, 0) is 11.8 Å². The monoisotopic (exact) mass is 207 g/mol. The van der Waals surface area contributed by atoms with Crippen LogP contribution in [0, 0.1) is 5.41 Å². The molecule has 1 aromatic rings. The molecule has 1 aliphatic carbocycles. The minimum Gasteiger partial charge on any atom is -0.325 e. The minimum absolute atomic E-state index is 0.0454. The third-order valence-corrected chi connectivity index (χ3v) is 3.00. The van der Waals surface area contributed by atoms with Crippen molar-refractivity contribution in [3.8, 4) is 0 Å². The molecule has 1 heterocycles. The van der Waals surface area contributed by atoms with Crippen LogP contribution in [0.3, 0.4) is 0 Å². The summed E-state index contributed by atoms with van der Waals surface area (Å²) in [5.41, 5.74) is 8.19. The number of nitrogens with two attached hydrogens (primary N) is 1. The van der Waals surface area contributed by atoms with Gasteiger partial charge in [-0.2, -0.15) is 5.10 Å². The van der Waals surface area contributed by atoms with E-state index >= 15 is 0 Å². The van der Waals surface area contributed by atoms with Gasteiger partial charge in [-0.25, -0.2) is 0 Å². The molecular formula is C11H17N3O. The summed E-state index contributed by atoms with van der Waals surface area (Å²) in [4.78, 5) is 12.0. The Morgan fingerprint density at radius 2 is 2.13 bits per heavy atom. The maximum absolute atomic E-state index is 12.0. The van der Waals surface area contributed by atoms with Crippen LogP contribution in [0.25, 0.3) is 0 Å². The second-order valence-corrected chi connectivity index (χ2v) is 5.04. The molecule has 15 heavy (non-hydrogen) atoms. The Kier molecular flexibility index (Phi) is 2.19. The summed E-state index contributed by atoms with van der Waals surface area (Å²) >= 11 is 0. The predicted molar refractivity (Wildman–Crippen MR) is 57.5 cm³/mol. The normalized spacial score (nSPS) is 19.1. The average Bonchev–Trinajstić information content (AvgIpc) is 2.41. The summed E-state index contributed by atoms with van der Waals surface area (Å²) in [6.07, 6.45) is 1.50. The molecule has 0 amide bonds. The van der Waals surface area contributed by atoms with Crippen molar-refractivity contribution in [3.63, 3.8) is 0 Å². The van der Waals surface area contributed by atoms with E-state index in [4.69, 9.17) is 5.73 Å². The van der Waals surface area contributed by atoms with Crippen molar-refractivity contribution in [3.05, 3.63) is 17.0 Å². The number of ketones is 1. The number of carbonyl (C=O) groups is 1. The van der Waals surface area contributed by atoms with Crippen molar-refractivity contribution in [1.82, 2.24) is 9.78 Å². The lowest BCUT2D eigenvalue weighted by Crippen LogP contribution is -2.28. The maximum Gasteiger partial charge on any atom is 0.167 e. The molecule has 1 aliphatic rings. The quantitative estimate of drug-likeness (QED) is 0.748. The molecule has 2 rings (SSSR count). The van der Waals surface area contributed by atoms with Gasteiger partial charge in [0.05, 0.1) is 11.3 Å². The highest BCUT2D eigenvalue weighted by molar-refractivity contribution is 5.99. The van der Waals surface area contributed by atoms with E-state index in [0.717, 1.165) is 23.4 Å². The first-order valence-electron chi connectivity index (χ1n) is 5.22. The first kappa shape index (κ1) is 10.4. The number of rotatable bonds is 1. The number of nitrogens with zero attached hydrogens (tertiary/aromatic N) is 2. The summed E-state index contributed by atoms with van der Waals surface area (Å²) in [5, 5.41) is 4.30. The second-order valence-electron chi connectivity index (χ2n) is 5.04. The predicted octanol–water partition coefficient (Wildman–Crippen LogP) is 1.03. The van der Waals surface area contributed by atoms with Gasteiger partial charge in [-0.1, -0.05) is 13.8 Å². The lowest BCUT2D eigenvalue weighted by Gasteiger charge is -2.28. The van der Waals surface area contributed by atoms with Gasteiger partial charge in [0.2, 0.25) is 0 Å². The van der Waals surface area contributed by atoms with Gasteiger partial charge in [0.25, 0.3) is 0 Å². The summed E-state index contributed by atoms with van der Waals surface area (Å²) in [6, 6.07) is 0. The third-order valence-electron chi connectivity index (χ3n) is 3.00. The molecule has 0 saturated heterocycles. The molecule has 0 aliphatic heterocycles. The molecule has 0 atom stereocenters. The van der Waals surface area contributed by atoms with E-state index in [9.17, 15) is 4.79 Å². The Hall–Kier alpha value is -1.16. The van der Waals surface area contributed by atoms with Gasteiger partial charge in [0.15, 0.2) is 5.78 Å². The van der Waals surface area contributed by atoms with Gasteiger partial charge >= 0.3 is 0 Å². The SMILES string of the molecule is Cn1nc(CN)c2c1CC(C)(C)CC2=O. The van der Waals surface area contributed by atoms with Crippen molar-refractivity contribution in [2.45, 2.75) is 33.2 Å². The van der Waals surface area contributed by atoms with Gasteiger partial charge < -0.3 is 5.73 Å². The number of Topliss-reactive ketones (excluding diaryl/α,β-unsaturated/α-hetero) is 1. The molecule has 82 valence electrons. The van der Waals surface area contributed by atoms with Crippen LogP contribution < -0.4 is 5.73 Å². The number of aromatic nitrogens is 2. The number of hydrogen-bond acceptors (Lipinski definition) is 3. The summed E-state index contributed by atoms with van der Waals surface area (Å²) in [5.74, 6) is 0.190. The van der Waals surface area contributed by atoms with Gasteiger partial charge in [0.1, 0.15) is 0 Å². The van der Waals surface area contributed by atoms with Crippen LogP contribution in [-0.4, -0.2) is 15.6 Å². The van der Waals surface area contributed by atoms with Crippen LogP contribution in [0.15, 0.2) is 0 Å². The zero-order valence-corrected chi connectivity index (χ0v) is 9.50. The van der Waals surface area contributed by atoms with E-state index < -0.39 is 0 Å². The lowest BCUT2D eigenvalue weighted by atomic mass is 9.75. The van der Waals surface area contributed by atoms with E-state index in [1.807, 2.05) is 7.05 Å². The van der Waals surface area contributed by atoms with Crippen molar-refractivity contribution < 1.29 is 4.79 Å². The highest BCUT2D eigenvalue weighted by atomic mass is 16.1. The Balaban J connectivity index is 2.56. The van der Waals surface area contributed by atoms with Crippen LogP contribution in [0.1, 0.15) is 42.0 Å². The maximum atomic E-state index is 12.0. The summed E-state index contributed by atoms with van der Waals surface area (Å²) < 4.78 is 1.80. The van der Waals surface area contributed by atoms with Crippen molar-refractivity contribution >= 4 is 5.78 Å². The fraction of sp³-hybridized carbons (Fsp3) is 0.636. The standard InChI is InChI=1S/C11H17N3O/c1-11(2)4-8-10(9(15)5-11)7(6-12)13-14(8)3/h4-6,12H2,1-3H3. The number of hydrogen-bond donors (Lipinski definition) is 1. The van der Waals surface area contributed by atoms with Crippen LogP contribution in [0.2, 0.25) is 0 Å². The third kappa shape index (κ3) is 1.59. The molecular weight excluding hydrogens is 190 g/mol. The van der Waals surface area contributed by atoms with Gasteiger partial charge in [0, 0.05) is 25.7 Å². The molecule has 0 unspecified atom stereocenters. The Labute approximate surface area is 89.5 Å². The number of fused-ring (bicyclic) bond motifs is 1. The largest absolute Gasteiger partial charge is 0.325 e. The Morgan fingerprint density at radius 3 is 2.73 bits per heavy atom. The number of carbonyl (C=O) groups excluding carboxylic acids is 1. The van der Waals surface area contributed by atoms with E-state index in [1.54, 1.807) is 4.68 Å². The second kappa shape index (κ2) is 3.17.